The van der Waals surface area contributed by atoms with Crippen molar-refractivity contribution in [2.24, 2.45) is 0 Å². The molecule has 0 unspecified atom stereocenters. The van der Waals surface area contributed by atoms with Crippen LogP contribution in [0.4, 0.5) is 5.13 Å². The van der Waals surface area contributed by atoms with E-state index in [2.05, 4.69) is 20.3 Å². The normalized spacial score (nSPS) is 10.7. The van der Waals surface area contributed by atoms with Crippen LogP contribution in [-0.2, 0) is 0 Å². The minimum Gasteiger partial charge on any atom is -0.462 e. The van der Waals surface area contributed by atoms with Crippen molar-refractivity contribution in [2.75, 3.05) is 5.32 Å². The first-order valence-electron chi connectivity index (χ1n) is 6.96. The lowest BCUT2D eigenvalue weighted by molar-refractivity contribution is 0.102. The molecule has 0 radical (unpaired) electrons. The second-order valence-corrected chi connectivity index (χ2v) is 6.47. The van der Waals surface area contributed by atoms with Gasteiger partial charge in [0.2, 0.25) is 0 Å². The van der Waals surface area contributed by atoms with E-state index in [9.17, 15) is 4.79 Å². The number of anilines is 1. The number of thiazole rings is 2. The molecule has 0 saturated heterocycles. The van der Waals surface area contributed by atoms with Gasteiger partial charge in [0, 0.05) is 28.7 Å². The second kappa shape index (κ2) is 6.34. The molecule has 6 nitrogen and oxygen atoms in total. The molecule has 0 fully saturated rings. The summed E-state index contributed by atoms with van der Waals surface area (Å²) >= 11 is 2.72. The van der Waals surface area contributed by atoms with E-state index in [1.54, 1.807) is 30.1 Å². The van der Waals surface area contributed by atoms with Crippen LogP contribution < -0.4 is 5.32 Å². The molecule has 118 valence electrons. The van der Waals surface area contributed by atoms with Crippen molar-refractivity contribution >= 4 is 33.7 Å². The van der Waals surface area contributed by atoms with Crippen LogP contribution >= 0.6 is 22.7 Å². The van der Waals surface area contributed by atoms with Crippen molar-refractivity contribution in [2.45, 2.75) is 0 Å². The van der Waals surface area contributed by atoms with Gasteiger partial charge in [-0.25, -0.2) is 9.97 Å². The minimum absolute atomic E-state index is 0.295. The van der Waals surface area contributed by atoms with Crippen LogP contribution in [0.25, 0.3) is 22.0 Å². The Kier molecular flexibility index (Phi) is 3.89. The third-order valence-corrected chi connectivity index (χ3v) is 4.77. The van der Waals surface area contributed by atoms with Crippen molar-refractivity contribution in [1.82, 2.24) is 15.0 Å². The van der Waals surface area contributed by atoms with Crippen LogP contribution in [0, 0.1) is 0 Å². The molecule has 1 amide bonds. The van der Waals surface area contributed by atoms with Crippen LogP contribution in [0.5, 0.6) is 0 Å². The highest BCUT2D eigenvalue weighted by molar-refractivity contribution is 7.14. The Morgan fingerprint density at radius 3 is 2.88 bits per heavy atom. The number of furan rings is 1. The number of nitrogens with one attached hydrogen (secondary N) is 1. The highest BCUT2D eigenvalue weighted by Crippen LogP contribution is 2.26. The number of pyridine rings is 1. The molecule has 0 bridgehead atoms. The third kappa shape index (κ3) is 2.97. The lowest BCUT2D eigenvalue weighted by atomic mass is 10.2. The molecule has 8 heteroatoms. The van der Waals surface area contributed by atoms with Gasteiger partial charge >= 0.3 is 0 Å². The standard InChI is InChI=1S/C16H10N4O2S2/c21-14(12-9-23-15(18-12)13-4-2-6-22-13)20-16-19-11(8-24-16)10-3-1-5-17-7-10/h1-9H,(H,19,20,21). The molecule has 4 rings (SSSR count). The zero-order valence-electron chi connectivity index (χ0n) is 12.2. The fourth-order valence-electron chi connectivity index (χ4n) is 2.03. The number of aromatic nitrogens is 3. The zero-order valence-corrected chi connectivity index (χ0v) is 13.8. The van der Waals surface area contributed by atoms with Gasteiger partial charge in [-0.05, 0) is 24.3 Å². The lowest BCUT2D eigenvalue weighted by Crippen LogP contribution is -2.12. The summed E-state index contributed by atoms with van der Waals surface area (Å²) in [6.45, 7) is 0. The van der Waals surface area contributed by atoms with Crippen LogP contribution in [0.15, 0.2) is 58.1 Å². The number of carbonyl (C=O) groups is 1. The monoisotopic (exact) mass is 354 g/mol. The summed E-state index contributed by atoms with van der Waals surface area (Å²) in [5, 5.41) is 7.53. The summed E-state index contributed by atoms with van der Waals surface area (Å²) in [5.74, 6) is 0.350. The van der Waals surface area contributed by atoms with Crippen LogP contribution in [0.2, 0.25) is 0 Å². The predicted octanol–water partition coefficient (Wildman–Crippen LogP) is 4.17. The van der Waals surface area contributed by atoms with Crippen molar-refractivity contribution in [3.63, 3.8) is 0 Å². The number of amides is 1. The Bertz CT molecular complexity index is 961. The smallest absolute Gasteiger partial charge is 0.276 e. The molecule has 0 atom stereocenters. The van der Waals surface area contributed by atoms with Gasteiger partial charge in [-0.15, -0.1) is 22.7 Å². The highest BCUT2D eigenvalue weighted by Gasteiger charge is 2.15. The maximum Gasteiger partial charge on any atom is 0.276 e. The zero-order chi connectivity index (χ0) is 16.4. The molecule has 0 spiro atoms. The van der Waals surface area contributed by atoms with Crippen LogP contribution in [0.3, 0.4) is 0 Å². The van der Waals surface area contributed by atoms with Gasteiger partial charge in [-0.2, -0.15) is 0 Å². The molecule has 0 aromatic carbocycles. The van der Waals surface area contributed by atoms with Gasteiger partial charge in [0.25, 0.3) is 5.91 Å². The van der Waals surface area contributed by atoms with Crippen LogP contribution in [-0.4, -0.2) is 20.9 Å². The topological polar surface area (TPSA) is 80.9 Å². The van der Waals surface area contributed by atoms with Crippen molar-refractivity contribution < 1.29 is 9.21 Å². The van der Waals surface area contributed by atoms with E-state index < -0.39 is 0 Å². The minimum atomic E-state index is -0.295. The first kappa shape index (κ1) is 14.7. The fraction of sp³-hybridized carbons (Fsp3) is 0. The number of carbonyl (C=O) groups excluding carboxylic acids is 1. The molecule has 4 aromatic rings. The molecule has 0 aliphatic carbocycles. The molecular weight excluding hydrogens is 344 g/mol. The summed E-state index contributed by atoms with van der Waals surface area (Å²) in [5.41, 5.74) is 2.02. The molecule has 0 saturated carbocycles. The van der Waals surface area contributed by atoms with Gasteiger partial charge < -0.3 is 4.42 Å². The van der Waals surface area contributed by atoms with Gasteiger partial charge in [-0.3, -0.25) is 15.1 Å². The van der Waals surface area contributed by atoms with Crippen LogP contribution in [0.1, 0.15) is 10.5 Å². The SMILES string of the molecule is O=C(Nc1nc(-c2cccnc2)cs1)c1csc(-c2ccco2)n1. The number of hydrogen-bond acceptors (Lipinski definition) is 7. The van der Waals surface area contributed by atoms with Crippen molar-refractivity contribution in [3.8, 4) is 22.0 Å². The summed E-state index contributed by atoms with van der Waals surface area (Å²) in [4.78, 5) is 25.1. The highest BCUT2D eigenvalue weighted by atomic mass is 32.1. The largest absolute Gasteiger partial charge is 0.462 e. The Labute approximate surface area is 144 Å². The Hall–Kier alpha value is -2.84. The third-order valence-electron chi connectivity index (χ3n) is 3.15. The van der Waals surface area contributed by atoms with Gasteiger partial charge in [0.15, 0.2) is 15.9 Å². The maximum absolute atomic E-state index is 12.3. The van der Waals surface area contributed by atoms with Gasteiger partial charge in [-0.1, -0.05) is 0 Å². The second-order valence-electron chi connectivity index (χ2n) is 4.75. The summed E-state index contributed by atoms with van der Waals surface area (Å²) in [7, 11) is 0. The number of nitrogens with zero attached hydrogens (tertiary/aromatic N) is 3. The number of rotatable bonds is 4. The molecule has 1 N–H and O–H groups in total. The summed E-state index contributed by atoms with van der Waals surface area (Å²) < 4.78 is 5.28. The van der Waals surface area contributed by atoms with Crippen molar-refractivity contribution in [1.29, 1.82) is 0 Å². The molecule has 4 heterocycles. The molecule has 24 heavy (non-hydrogen) atoms. The van der Waals surface area contributed by atoms with E-state index >= 15 is 0 Å². The van der Waals surface area contributed by atoms with E-state index in [-0.39, 0.29) is 5.91 Å². The average Bonchev–Trinajstić information content (AvgIpc) is 3.36. The van der Waals surface area contributed by atoms with E-state index in [4.69, 9.17) is 4.42 Å². The predicted molar refractivity (Wildman–Crippen MR) is 93.1 cm³/mol. The lowest BCUT2D eigenvalue weighted by Gasteiger charge is -1.98. The fourth-order valence-corrected chi connectivity index (χ4v) is 3.51. The summed E-state index contributed by atoms with van der Waals surface area (Å²) in [6, 6.07) is 7.36. The summed E-state index contributed by atoms with van der Waals surface area (Å²) in [6.07, 6.45) is 5.01. The first-order valence-corrected chi connectivity index (χ1v) is 8.72. The average molecular weight is 354 g/mol. The van der Waals surface area contributed by atoms with Gasteiger partial charge in [0.05, 0.1) is 12.0 Å². The Balaban J connectivity index is 1.50. The van der Waals surface area contributed by atoms with E-state index in [1.165, 1.54) is 22.7 Å². The van der Waals surface area contributed by atoms with E-state index in [0.29, 0.717) is 21.6 Å². The van der Waals surface area contributed by atoms with Gasteiger partial charge in [0.1, 0.15) is 5.69 Å². The molecule has 4 aromatic heterocycles. The molecule has 0 aliphatic rings. The Morgan fingerprint density at radius 1 is 1.12 bits per heavy atom. The van der Waals surface area contributed by atoms with E-state index in [1.807, 2.05) is 23.6 Å². The number of hydrogen-bond donors (Lipinski definition) is 1. The first-order chi connectivity index (χ1) is 11.8. The quantitative estimate of drug-likeness (QED) is 0.595. The maximum atomic E-state index is 12.3. The molecule has 0 aliphatic heterocycles. The van der Waals surface area contributed by atoms with Crippen molar-refractivity contribution in [3.05, 3.63) is 59.4 Å². The Morgan fingerprint density at radius 2 is 2.08 bits per heavy atom. The molecular formula is C16H10N4O2S2. The van der Waals surface area contributed by atoms with E-state index in [0.717, 1.165) is 11.3 Å².